The Morgan fingerprint density at radius 2 is 1.85 bits per heavy atom. The highest BCUT2D eigenvalue weighted by Crippen LogP contribution is 2.16. The number of hydrogen-bond acceptors (Lipinski definition) is 2. The second-order valence-corrected chi connectivity index (χ2v) is 4.58. The number of carbonyl (C=O) groups excluding carboxylic acids is 1. The first-order chi connectivity index (χ1) is 9.61. The number of halogens is 1. The molecular weight excluding hydrogens is 255 g/mol. The highest BCUT2D eigenvalue weighted by molar-refractivity contribution is 5.94. The first-order valence-corrected chi connectivity index (χ1v) is 6.41. The van der Waals surface area contributed by atoms with Crippen LogP contribution >= 0.6 is 0 Å². The topological polar surface area (TPSA) is 46.3 Å². The van der Waals surface area contributed by atoms with Crippen LogP contribution in [-0.2, 0) is 17.8 Å². The van der Waals surface area contributed by atoms with Crippen molar-refractivity contribution in [2.24, 2.45) is 5.73 Å². The largest absolute Gasteiger partial charge is 0.326 e. The van der Waals surface area contributed by atoms with Crippen molar-refractivity contribution >= 4 is 11.6 Å². The van der Waals surface area contributed by atoms with Crippen molar-refractivity contribution in [1.82, 2.24) is 0 Å². The standard InChI is InChI=1S/C16H17FN2O/c1-19(15-8-4-7-14(17)10-15)16(20)9-12-5-2-3-6-13(12)11-18/h2-8,10H,9,11,18H2,1H3. The molecule has 3 nitrogen and oxygen atoms in total. The molecular formula is C16H17FN2O. The molecule has 0 aliphatic heterocycles. The Hall–Kier alpha value is -2.20. The quantitative estimate of drug-likeness (QED) is 0.929. The van der Waals surface area contributed by atoms with Crippen LogP contribution in [-0.4, -0.2) is 13.0 Å². The van der Waals surface area contributed by atoms with Gasteiger partial charge in [-0.15, -0.1) is 0 Å². The number of rotatable bonds is 4. The predicted octanol–water partition coefficient (Wildman–Crippen LogP) is 2.49. The number of hydrogen-bond donors (Lipinski definition) is 1. The van der Waals surface area contributed by atoms with E-state index in [1.165, 1.54) is 17.0 Å². The number of likely N-dealkylation sites (N-methyl/N-ethyl adjacent to an activating group) is 1. The summed E-state index contributed by atoms with van der Waals surface area (Å²) < 4.78 is 13.2. The van der Waals surface area contributed by atoms with Crippen LogP contribution in [0.1, 0.15) is 11.1 Å². The Balaban J connectivity index is 2.15. The minimum atomic E-state index is -0.357. The van der Waals surface area contributed by atoms with E-state index in [2.05, 4.69) is 0 Å². The lowest BCUT2D eigenvalue weighted by Crippen LogP contribution is -2.28. The average molecular weight is 272 g/mol. The summed E-state index contributed by atoms with van der Waals surface area (Å²) in [5, 5.41) is 0. The van der Waals surface area contributed by atoms with Crippen molar-refractivity contribution in [1.29, 1.82) is 0 Å². The molecule has 2 N–H and O–H groups in total. The lowest BCUT2D eigenvalue weighted by atomic mass is 10.0. The summed E-state index contributed by atoms with van der Waals surface area (Å²) in [4.78, 5) is 13.7. The number of nitrogens with zero attached hydrogens (tertiary/aromatic N) is 1. The smallest absolute Gasteiger partial charge is 0.231 e. The minimum Gasteiger partial charge on any atom is -0.326 e. The summed E-state index contributed by atoms with van der Waals surface area (Å²) in [7, 11) is 1.64. The van der Waals surface area contributed by atoms with Gasteiger partial charge in [-0.3, -0.25) is 4.79 Å². The van der Waals surface area contributed by atoms with Crippen molar-refractivity contribution in [3.05, 3.63) is 65.5 Å². The highest BCUT2D eigenvalue weighted by atomic mass is 19.1. The van der Waals surface area contributed by atoms with Gasteiger partial charge in [0.05, 0.1) is 6.42 Å². The van der Waals surface area contributed by atoms with Crippen LogP contribution in [0.15, 0.2) is 48.5 Å². The summed E-state index contributed by atoms with van der Waals surface area (Å²) in [6.07, 6.45) is 0.250. The molecule has 0 saturated heterocycles. The SMILES string of the molecule is CN(C(=O)Cc1ccccc1CN)c1cccc(F)c1. The first-order valence-electron chi connectivity index (χ1n) is 6.41. The molecule has 2 rings (SSSR count). The molecule has 0 spiro atoms. The van der Waals surface area contributed by atoms with E-state index in [-0.39, 0.29) is 18.1 Å². The van der Waals surface area contributed by atoms with Crippen molar-refractivity contribution < 1.29 is 9.18 Å². The van der Waals surface area contributed by atoms with E-state index in [4.69, 9.17) is 5.73 Å². The summed E-state index contributed by atoms with van der Waals surface area (Å²) in [5.74, 6) is -0.457. The maximum absolute atomic E-state index is 13.2. The molecule has 0 aliphatic carbocycles. The predicted molar refractivity (Wildman–Crippen MR) is 77.8 cm³/mol. The van der Waals surface area contributed by atoms with Gasteiger partial charge >= 0.3 is 0 Å². The third kappa shape index (κ3) is 3.22. The molecule has 20 heavy (non-hydrogen) atoms. The number of nitrogens with two attached hydrogens (primary N) is 1. The van der Waals surface area contributed by atoms with Crippen LogP contribution in [0.4, 0.5) is 10.1 Å². The molecule has 2 aromatic rings. The van der Waals surface area contributed by atoms with Crippen LogP contribution in [0, 0.1) is 5.82 Å². The van der Waals surface area contributed by atoms with Crippen LogP contribution in [0.25, 0.3) is 0 Å². The van der Waals surface area contributed by atoms with Gasteiger partial charge in [0.15, 0.2) is 0 Å². The van der Waals surface area contributed by atoms with Gasteiger partial charge in [0, 0.05) is 19.3 Å². The number of amides is 1. The van der Waals surface area contributed by atoms with E-state index in [1.54, 1.807) is 19.2 Å². The van der Waals surface area contributed by atoms with Crippen LogP contribution in [0.5, 0.6) is 0 Å². The van der Waals surface area contributed by atoms with Gasteiger partial charge in [-0.05, 0) is 29.3 Å². The van der Waals surface area contributed by atoms with Crippen molar-refractivity contribution in [3.8, 4) is 0 Å². The summed E-state index contributed by atoms with van der Waals surface area (Å²) in [5.41, 5.74) is 8.06. The van der Waals surface area contributed by atoms with Gasteiger partial charge in [-0.2, -0.15) is 0 Å². The molecule has 0 unspecified atom stereocenters. The van der Waals surface area contributed by atoms with Crippen LogP contribution < -0.4 is 10.6 Å². The maximum atomic E-state index is 13.2. The van der Waals surface area contributed by atoms with E-state index >= 15 is 0 Å². The fraction of sp³-hybridized carbons (Fsp3) is 0.188. The molecule has 0 heterocycles. The molecule has 0 aromatic heterocycles. The molecule has 1 amide bonds. The molecule has 0 aliphatic rings. The summed E-state index contributed by atoms with van der Waals surface area (Å²) in [6, 6.07) is 13.6. The highest BCUT2D eigenvalue weighted by Gasteiger charge is 2.13. The summed E-state index contributed by atoms with van der Waals surface area (Å²) in [6.45, 7) is 0.396. The van der Waals surface area contributed by atoms with Gasteiger partial charge in [0.1, 0.15) is 5.82 Å². The van der Waals surface area contributed by atoms with Gasteiger partial charge in [0.2, 0.25) is 5.91 Å². The second-order valence-electron chi connectivity index (χ2n) is 4.58. The zero-order valence-corrected chi connectivity index (χ0v) is 11.3. The van der Waals surface area contributed by atoms with E-state index in [9.17, 15) is 9.18 Å². The van der Waals surface area contributed by atoms with Gasteiger partial charge in [-0.25, -0.2) is 4.39 Å². The van der Waals surface area contributed by atoms with E-state index in [0.717, 1.165) is 11.1 Å². The lowest BCUT2D eigenvalue weighted by Gasteiger charge is -2.18. The summed E-state index contributed by atoms with van der Waals surface area (Å²) >= 11 is 0. The van der Waals surface area contributed by atoms with Crippen molar-refractivity contribution in [3.63, 3.8) is 0 Å². The molecule has 104 valence electrons. The van der Waals surface area contributed by atoms with Gasteiger partial charge < -0.3 is 10.6 Å². The monoisotopic (exact) mass is 272 g/mol. The number of benzene rings is 2. The van der Waals surface area contributed by atoms with E-state index in [1.807, 2.05) is 24.3 Å². The van der Waals surface area contributed by atoms with Gasteiger partial charge in [-0.1, -0.05) is 30.3 Å². The Morgan fingerprint density at radius 3 is 2.50 bits per heavy atom. The fourth-order valence-corrected chi connectivity index (χ4v) is 2.04. The fourth-order valence-electron chi connectivity index (χ4n) is 2.04. The number of anilines is 1. The molecule has 0 saturated carbocycles. The molecule has 2 aromatic carbocycles. The first kappa shape index (κ1) is 14.2. The lowest BCUT2D eigenvalue weighted by molar-refractivity contribution is -0.117. The van der Waals surface area contributed by atoms with Crippen LogP contribution in [0.2, 0.25) is 0 Å². The van der Waals surface area contributed by atoms with E-state index in [0.29, 0.717) is 12.2 Å². The molecule has 0 fully saturated rings. The van der Waals surface area contributed by atoms with Crippen molar-refractivity contribution in [2.75, 3.05) is 11.9 Å². The molecule has 0 radical (unpaired) electrons. The normalized spacial score (nSPS) is 10.3. The third-order valence-electron chi connectivity index (χ3n) is 3.25. The molecule has 4 heteroatoms. The Bertz CT molecular complexity index is 613. The molecule has 0 bridgehead atoms. The van der Waals surface area contributed by atoms with Crippen LogP contribution in [0.3, 0.4) is 0 Å². The Kier molecular flexibility index (Phi) is 4.48. The average Bonchev–Trinajstić information content (AvgIpc) is 2.47. The zero-order chi connectivity index (χ0) is 14.5. The third-order valence-corrected chi connectivity index (χ3v) is 3.25. The second kappa shape index (κ2) is 6.30. The Morgan fingerprint density at radius 1 is 1.15 bits per heavy atom. The Labute approximate surface area is 117 Å². The maximum Gasteiger partial charge on any atom is 0.231 e. The number of carbonyl (C=O) groups is 1. The molecule has 0 atom stereocenters. The van der Waals surface area contributed by atoms with E-state index < -0.39 is 0 Å². The minimum absolute atomic E-state index is 0.100. The van der Waals surface area contributed by atoms with Crippen molar-refractivity contribution in [2.45, 2.75) is 13.0 Å². The zero-order valence-electron chi connectivity index (χ0n) is 11.3. The van der Waals surface area contributed by atoms with Gasteiger partial charge in [0.25, 0.3) is 0 Å².